The second kappa shape index (κ2) is 7.68. The molecule has 3 rings (SSSR count). The Bertz CT molecular complexity index is 488. The van der Waals surface area contributed by atoms with Gasteiger partial charge in [-0.15, -0.1) is 0 Å². The van der Waals surface area contributed by atoms with Crippen molar-refractivity contribution in [3.8, 4) is 0 Å². The van der Waals surface area contributed by atoms with Crippen molar-refractivity contribution in [1.29, 1.82) is 0 Å². The van der Waals surface area contributed by atoms with Crippen LogP contribution in [0.5, 0.6) is 0 Å². The van der Waals surface area contributed by atoms with Gasteiger partial charge >= 0.3 is 0 Å². The van der Waals surface area contributed by atoms with E-state index in [9.17, 15) is 8.42 Å². The summed E-state index contributed by atoms with van der Waals surface area (Å²) < 4.78 is 24.1. The van der Waals surface area contributed by atoms with Gasteiger partial charge in [0.2, 0.25) is 8.87 Å². The summed E-state index contributed by atoms with van der Waals surface area (Å²) in [5.41, 5.74) is 0.645. The molecule has 1 spiro atoms. The Morgan fingerprint density at radius 2 is 1.70 bits per heavy atom. The molecule has 3 unspecified atom stereocenters. The molecule has 1 aliphatic heterocycles. The molecule has 3 aliphatic rings. The zero-order valence-electron chi connectivity index (χ0n) is 14.8. The maximum absolute atomic E-state index is 12.0. The highest BCUT2D eigenvalue weighted by Crippen LogP contribution is 2.60. The first kappa shape index (κ1) is 18.1. The summed E-state index contributed by atoms with van der Waals surface area (Å²) in [5.74, 6) is 3.90. The van der Waals surface area contributed by atoms with Crippen LogP contribution in [0, 0.1) is 23.2 Å². The summed E-state index contributed by atoms with van der Waals surface area (Å²) in [6.07, 6.45) is 15.5. The maximum atomic E-state index is 12.0. The molecule has 0 aromatic heterocycles. The Labute approximate surface area is 146 Å². The first-order valence-corrected chi connectivity index (χ1v) is 13.1. The Morgan fingerprint density at radius 3 is 2.57 bits per heavy atom. The van der Waals surface area contributed by atoms with E-state index in [0.717, 1.165) is 42.8 Å². The van der Waals surface area contributed by atoms with E-state index < -0.39 is 8.87 Å². The van der Waals surface area contributed by atoms with Crippen LogP contribution in [-0.2, 0) is 8.87 Å². The van der Waals surface area contributed by atoms with E-state index in [0.29, 0.717) is 11.2 Å². The average molecular weight is 359 g/mol. The smallest absolute Gasteiger partial charge is 0.201 e. The van der Waals surface area contributed by atoms with Crippen molar-refractivity contribution >= 4 is 19.7 Å². The van der Waals surface area contributed by atoms with Crippen molar-refractivity contribution in [2.45, 2.75) is 84.0 Å². The molecule has 0 radical (unpaired) electrons. The van der Waals surface area contributed by atoms with E-state index in [-0.39, 0.29) is 0 Å². The molecule has 2 nitrogen and oxygen atoms in total. The van der Waals surface area contributed by atoms with Gasteiger partial charge in [0.15, 0.2) is 0 Å². The fourth-order valence-electron chi connectivity index (χ4n) is 5.95. The van der Waals surface area contributed by atoms with E-state index in [2.05, 4.69) is 6.92 Å². The van der Waals surface area contributed by atoms with Crippen LogP contribution in [0.2, 0.25) is 0 Å². The van der Waals surface area contributed by atoms with Gasteiger partial charge in [0.1, 0.15) is 0 Å². The van der Waals surface area contributed by atoms with Crippen LogP contribution in [0.15, 0.2) is 0 Å². The third kappa shape index (κ3) is 4.11. The maximum Gasteiger partial charge on any atom is 0.201 e. The van der Waals surface area contributed by atoms with Crippen LogP contribution in [-0.4, -0.2) is 19.9 Å². The molecular formula is C19H34O2S2. The summed E-state index contributed by atoms with van der Waals surface area (Å²) in [6.45, 7) is 2.54. The van der Waals surface area contributed by atoms with Gasteiger partial charge in [-0.05, 0) is 78.9 Å². The lowest BCUT2D eigenvalue weighted by molar-refractivity contribution is 0.000174. The Balaban J connectivity index is 1.70. The first-order valence-electron chi connectivity index (χ1n) is 9.91. The predicted molar refractivity (Wildman–Crippen MR) is 100 cm³/mol. The fraction of sp³-hybridized carbons (Fsp3) is 1.00. The second-order valence-electron chi connectivity index (χ2n) is 8.34. The topological polar surface area (TPSA) is 34.1 Å². The standard InChI is InChI=1S/C19H34O2S2/c1-16-17-8-3-6-15-23(20,21)22-14-5-2-4-12-19(16)13-7-9-18(19)11-10-17/h16-18H,2-15H2,1H3/t16?,17-,18?,19?/m0/s1. The van der Waals surface area contributed by atoms with Crippen LogP contribution in [0.25, 0.3) is 0 Å². The molecule has 134 valence electrons. The number of hydrogen-bond acceptors (Lipinski definition) is 3. The van der Waals surface area contributed by atoms with E-state index in [1.54, 1.807) is 0 Å². The summed E-state index contributed by atoms with van der Waals surface area (Å²) in [6, 6.07) is 0. The molecule has 1 heterocycles. The van der Waals surface area contributed by atoms with Crippen LogP contribution in [0.1, 0.15) is 84.0 Å². The van der Waals surface area contributed by atoms with Gasteiger partial charge in [0.25, 0.3) is 0 Å². The van der Waals surface area contributed by atoms with Crippen LogP contribution >= 0.6 is 10.8 Å². The van der Waals surface area contributed by atoms with E-state index >= 15 is 0 Å². The largest absolute Gasteiger partial charge is 0.217 e. The highest BCUT2D eigenvalue weighted by Gasteiger charge is 2.50. The van der Waals surface area contributed by atoms with Gasteiger partial charge < -0.3 is 0 Å². The molecule has 4 heteroatoms. The van der Waals surface area contributed by atoms with Crippen LogP contribution in [0.4, 0.5) is 0 Å². The molecule has 3 fully saturated rings. The minimum atomic E-state index is -2.86. The van der Waals surface area contributed by atoms with Gasteiger partial charge in [0.05, 0.1) is 5.75 Å². The third-order valence-electron chi connectivity index (χ3n) is 7.28. The average Bonchev–Trinajstić information content (AvgIpc) is 2.93. The Kier molecular flexibility index (Phi) is 6.04. The van der Waals surface area contributed by atoms with Crippen LogP contribution in [0.3, 0.4) is 0 Å². The molecule has 23 heavy (non-hydrogen) atoms. The SMILES string of the molecule is CC1[C@H]2CCCCS(=O)(=O)SCCCCCC13CCCC3CC2. The monoisotopic (exact) mass is 358 g/mol. The van der Waals surface area contributed by atoms with Gasteiger partial charge in [0, 0.05) is 5.75 Å². The summed E-state index contributed by atoms with van der Waals surface area (Å²) in [7, 11) is -1.65. The predicted octanol–water partition coefficient (Wildman–Crippen LogP) is 5.63. The van der Waals surface area contributed by atoms with Crippen molar-refractivity contribution < 1.29 is 8.42 Å². The molecule has 2 bridgehead atoms. The van der Waals surface area contributed by atoms with E-state index in [1.165, 1.54) is 68.6 Å². The molecule has 0 aromatic carbocycles. The van der Waals surface area contributed by atoms with Gasteiger partial charge in [-0.3, -0.25) is 0 Å². The summed E-state index contributed by atoms with van der Waals surface area (Å²) in [4.78, 5) is 0. The lowest BCUT2D eigenvalue weighted by Crippen LogP contribution is -2.41. The van der Waals surface area contributed by atoms with E-state index in [4.69, 9.17) is 0 Å². The van der Waals surface area contributed by atoms with Gasteiger partial charge in [-0.25, -0.2) is 8.42 Å². The van der Waals surface area contributed by atoms with Crippen molar-refractivity contribution in [3.05, 3.63) is 0 Å². The normalized spacial score (nSPS) is 42.6. The lowest BCUT2D eigenvalue weighted by atomic mass is 9.56. The van der Waals surface area contributed by atoms with Crippen LogP contribution < -0.4 is 0 Å². The van der Waals surface area contributed by atoms with Crippen molar-refractivity contribution in [1.82, 2.24) is 0 Å². The minimum Gasteiger partial charge on any atom is -0.217 e. The molecule has 0 N–H and O–H groups in total. The Hall–Kier alpha value is 0.300. The van der Waals surface area contributed by atoms with Crippen molar-refractivity contribution in [3.63, 3.8) is 0 Å². The van der Waals surface area contributed by atoms with E-state index in [1.807, 2.05) is 0 Å². The molecule has 2 saturated carbocycles. The lowest BCUT2D eigenvalue weighted by Gasteiger charge is -2.49. The number of rotatable bonds is 0. The molecule has 0 aromatic rings. The first-order chi connectivity index (χ1) is 11.0. The van der Waals surface area contributed by atoms with Crippen molar-refractivity contribution in [2.75, 3.05) is 11.5 Å². The number of fused-ring (bicyclic) bond motifs is 1. The summed E-state index contributed by atoms with van der Waals surface area (Å²) >= 11 is 0. The fourth-order valence-corrected chi connectivity index (χ4v) is 9.02. The second-order valence-corrected chi connectivity index (χ2v) is 12.7. The molecule has 4 atom stereocenters. The zero-order valence-corrected chi connectivity index (χ0v) is 16.4. The summed E-state index contributed by atoms with van der Waals surface area (Å²) in [5, 5.41) is 0. The third-order valence-corrected chi connectivity index (χ3v) is 11.0. The highest BCUT2D eigenvalue weighted by atomic mass is 33.1. The Morgan fingerprint density at radius 1 is 0.870 bits per heavy atom. The highest BCUT2D eigenvalue weighted by molar-refractivity contribution is 8.72. The molecule has 1 saturated heterocycles. The molecule has 2 aliphatic carbocycles. The van der Waals surface area contributed by atoms with Gasteiger partial charge in [-0.1, -0.05) is 39.0 Å². The number of hydrogen-bond donors (Lipinski definition) is 0. The van der Waals surface area contributed by atoms with Gasteiger partial charge in [-0.2, -0.15) is 0 Å². The van der Waals surface area contributed by atoms with Crippen molar-refractivity contribution in [2.24, 2.45) is 23.2 Å². The minimum absolute atomic E-state index is 0.395. The zero-order chi connectivity index (χ0) is 16.3. The molecular weight excluding hydrogens is 324 g/mol. The molecule has 0 amide bonds. The quantitative estimate of drug-likeness (QED) is 0.527.